The molecule has 8 aromatic carbocycles. The maximum atomic E-state index is 6.95. The maximum Gasteiger partial charge on any atom is 0.159 e. The average molecular weight is 720 g/mol. The number of fused-ring (bicyclic) bond motifs is 12. The summed E-state index contributed by atoms with van der Waals surface area (Å²) in [5, 5.41) is 4.42. The first-order valence-corrected chi connectivity index (χ1v) is 19.5. The minimum Gasteiger partial charge on any atom is -0.456 e. The Morgan fingerprint density at radius 1 is 0.393 bits per heavy atom. The lowest BCUT2D eigenvalue weighted by atomic mass is 9.74. The molecule has 10 aromatic rings. The van der Waals surface area contributed by atoms with E-state index in [2.05, 4.69) is 183 Å². The fraction of sp³-hybridized carbons (Fsp3) is 0.0943. The highest BCUT2D eigenvalue weighted by Gasteiger charge is 2.41. The van der Waals surface area contributed by atoms with Gasteiger partial charge >= 0.3 is 0 Å². The van der Waals surface area contributed by atoms with Gasteiger partial charge in [-0.25, -0.2) is 0 Å². The average Bonchev–Trinajstić information content (AvgIpc) is 3.94. The van der Waals surface area contributed by atoms with Crippen molar-refractivity contribution in [3.05, 3.63) is 198 Å². The molecule has 2 aromatic heterocycles. The quantitative estimate of drug-likeness (QED) is 0.181. The second-order valence-electron chi connectivity index (χ2n) is 16.2. The Labute approximate surface area is 325 Å². The smallest absolute Gasteiger partial charge is 0.159 e. The van der Waals surface area contributed by atoms with E-state index in [9.17, 15) is 0 Å². The molecule has 2 aliphatic rings. The highest BCUT2D eigenvalue weighted by molar-refractivity contribution is 6.11. The van der Waals surface area contributed by atoms with Gasteiger partial charge in [0.25, 0.3) is 0 Å². The van der Waals surface area contributed by atoms with Crippen LogP contribution in [0, 0.1) is 0 Å². The lowest BCUT2D eigenvalue weighted by molar-refractivity contribution is 0.660. The normalized spacial score (nSPS) is 14.6. The molecule has 2 heterocycles. The number of hydrogen-bond donors (Lipinski definition) is 0. The van der Waals surface area contributed by atoms with Crippen molar-refractivity contribution in [3.63, 3.8) is 0 Å². The molecule has 0 saturated heterocycles. The molecule has 0 aliphatic heterocycles. The number of hydrogen-bond acceptors (Lipinski definition) is 3. The molecule has 0 radical (unpaired) electrons. The highest BCUT2D eigenvalue weighted by atomic mass is 16.3. The van der Waals surface area contributed by atoms with Crippen molar-refractivity contribution in [1.29, 1.82) is 0 Å². The summed E-state index contributed by atoms with van der Waals surface area (Å²) >= 11 is 0. The third-order valence-electron chi connectivity index (χ3n) is 13.0. The largest absolute Gasteiger partial charge is 0.456 e. The zero-order chi connectivity index (χ0) is 37.3. The lowest BCUT2D eigenvalue weighted by Crippen LogP contribution is -2.22. The van der Waals surface area contributed by atoms with Crippen LogP contribution in [0.3, 0.4) is 0 Å². The van der Waals surface area contributed by atoms with Crippen LogP contribution < -0.4 is 4.90 Å². The van der Waals surface area contributed by atoms with E-state index >= 15 is 0 Å². The van der Waals surface area contributed by atoms with Gasteiger partial charge in [-0.1, -0.05) is 129 Å². The molecule has 0 amide bonds. The molecule has 0 saturated carbocycles. The van der Waals surface area contributed by atoms with E-state index in [0.29, 0.717) is 0 Å². The molecule has 0 bridgehead atoms. The van der Waals surface area contributed by atoms with Crippen molar-refractivity contribution in [1.82, 2.24) is 0 Å². The number of nitrogens with zero attached hydrogens (tertiary/aromatic N) is 1. The third kappa shape index (κ3) is 4.12. The van der Waals surface area contributed by atoms with Gasteiger partial charge in [0.15, 0.2) is 5.58 Å². The first kappa shape index (κ1) is 31.5. The van der Waals surface area contributed by atoms with Gasteiger partial charge in [0.2, 0.25) is 0 Å². The van der Waals surface area contributed by atoms with Crippen molar-refractivity contribution in [2.45, 2.75) is 31.6 Å². The number of anilines is 3. The number of para-hydroxylation sites is 2. The number of rotatable bonds is 4. The molecular weight excluding hydrogens is 683 g/mol. The van der Waals surface area contributed by atoms with Crippen molar-refractivity contribution < 1.29 is 8.83 Å². The molecule has 12 rings (SSSR count). The van der Waals surface area contributed by atoms with E-state index in [1.54, 1.807) is 0 Å². The van der Waals surface area contributed by atoms with Crippen molar-refractivity contribution >= 4 is 60.9 Å². The fourth-order valence-corrected chi connectivity index (χ4v) is 10.1. The SMILES string of the molecule is CC1(C)c2ccccc2-c2ccc(N(c3ccc4c(c3)oc3ccccc34)c3cccc4c3oc3ccc(C5(C)c6ccccc6-c6ccccc65)cc34)cc21. The molecule has 0 unspecified atom stereocenters. The Bertz CT molecular complexity index is 3220. The zero-order valence-corrected chi connectivity index (χ0v) is 31.4. The van der Waals surface area contributed by atoms with Crippen molar-refractivity contribution in [2.75, 3.05) is 4.90 Å². The van der Waals surface area contributed by atoms with E-state index in [1.165, 1.54) is 50.1 Å². The van der Waals surface area contributed by atoms with Crippen LogP contribution >= 0.6 is 0 Å². The first-order valence-electron chi connectivity index (χ1n) is 19.5. The standard InChI is InChI=1S/C53H37NO2/c1-52(2)43-18-8-4-13-35(43)38-26-24-33(30-46(38)52)54(34-25-27-40-39-16-7-11-22-48(39)55-50(40)31-34)47-21-12-17-41-42-29-32(23-28-49(42)56-51(41)47)53(3)44-19-9-5-14-36(44)37-15-6-10-20-45(37)53/h4-31H,1-3H3. The van der Waals surface area contributed by atoms with Gasteiger partial charge in [-0.2, -0.15) is 0 Å². The van der Waals surface area contributed by atoms with Crippen LogP contribution in [0.15, 0.2) is 179 Å². The van der Waals surface area contributed by atoms with Gasteiger partial charge in [0, 0.05) is 44.1 Å². The summed E-state index contributed by atoms with van der Waals surface area (Å²) in [5.74, 6) is 0. The first-order chi connectivity index (χ1) is 27.4. The minimum atomic E-state index is -0.300. The molecule has 0 N–H and O–H groups in total. The zero-order valence-electron chi connectivity index (χ0n) is 31.4. The highest BCUT2D eigenvalue weighted by Crippen LogP contribution is 2.54. The van der Waals surface area contributed by atoms with Gasteiger partial charge < -0.3 is 13.7 Å². The van der Waals surface area contributed by atoms with Crippen LogP contribution in [0.25, 0.3) is 66.1 Å². The predicted molar refractivity (Wildman–Crippen MR) is 231 cm³/mol. The van der Waals surface area contributed by atoms with E-state index in [0.717, 1.165) is 60.9 Å². The van der Waals surface area contributed by atoms with Crippen LogP contribution in [0.1, 0.15) is 48.6 Å². The van der Waals surface area contributed by atoms with Crippen molar-refractivity contribution in [2.24, 2.45) is 0 Å². The topological polar surface area (TPSA) is 29.5 Å². The molecule has 3 heteroatoms. The maximum absolute atomic E-state index is 6.95. The second-order valence-corrected chi connectivity index (χ2v) is 16.2. The monoisotopic (exact) mass is 719 g/mol. The second kappa shape index (κ2) is 11.1. The molecule has 0 spiro atoms. The van der Waals surface area contributed by atoms with Crippen LogP contribution in [0.5, 0.6) is 0 Å². The van der Waals surface area contributed by atoms with Gasteiger partial charge in [-0.3, -0.25) is 0 Å². The number of furan rings is 2. The summed E-state index contributed by atoms with van der Waals surface area (Å²) in [4.78, 5) is 2.35. The molecule has 0 atom stereocenters. The Morgan fingerprint density at radius 2 is 0.982 bits per heavy atom. The molecule has 0 fully saturated rings. The van der Waals surface area contributed by atoms with Crippen LogP contribution in [-0.2, 0) is 10.8 Å². The Hall–Kier alpha value is -6.84. The number of benzene rings is 8. The Balaban J connectivity index is 1.08. The Kier molecular flexibility index (Phi) is 6.25. The summed E-state index contributed by atoms with van der Waals surface area (Å²) in [5.41, 5.74) is 17.9. The summed E-state index contributed by atoms with van der Waals surface area (Å²) in [6.45, 7) is 7.05. The molecular formula is C53H37NO2. The minimum absolute atomic E-state index is 0.147. The molecule has 266 valence electrons. The van der Waals surface area contributed by atoms with Gasteiger partial charge in [0.1, 0.15) is 16.7 Å². The van der Waals surface area contributed by atoms with Crippen molar-refractivity contribution in [3.8, 4) is 22.3 Å². The Morgan fingerprint density at radius 3 is 1.77 bits per heavy atom. The predicted octanol–water partition coefficient (Wildman–Crippen LogP) is 14.6. The summed E-state index contributed by atoms with van der Waals surface area (Å²) < 4.78 is 13.4. The molecule has 56 heavy (non-hydrogen) atoms. The van der Waals surface area contributed by atoms with E-state index in [1.807, 2.05) is 12.1 Å². The third-order valence-corrected chi connectivity index (χ3v) is 13.0. The van der Waals surface area contributed by atoms with E-state index in [-0.39, 0.29) is 10.8 Å². The molecule has 2 aliphatic carbocycles. The lowest BCUT2D eigenvalue weighted by Gasteiger charge is -2.28. The van der Waals surface area contributed by atoms with Crippen LogP contribution in [0.2, 0.25) is 0 Å². The van der Waals surface area contributed by atoms with Gasteiger partial charge in [-0.15, -0.1) is 0 Å². The van der Waals surface area contributed by atoms with Crippen LogP contribution in [-0.4, -0.2) is 0 Å². The van der Waals surface area contributed by atoms with Crippen LogP contribution in [0.4, 0.5) is 17.1 Å². The van der Waals surface area contributed by atoms with E-state index in [4.69, 9.17) is 8.83 Å². The fourth-order valence-electron chi connectivity index (χ4n) is 10.1. The van der Waals surface area contributed by atoms with Gasteiger partial charge in [0.05, 0.1) is 11.4 Å². The summed E-state index contributed by atoms with van der Waals surface area (Å²) in [6.07, 6.45) is 0. The van der Waals surface area contributed by atoms with E-state index < -0.39 is 0 Å². The molecule has 3 nitrogen and oxygen atoms in total. The summed E-state index contributed by atoms with van der Waals surface area (Å²) in [6, 6.07) is 61.7. The van der Waals surface area contributed by atoms with Gasteiger partial charge in [-0.05, 0) is 106 Å². The summed E-state index contributed by atoms with van der Waals surface area (Å²) in [7, 11) is 0.